The fraction of sp³-hybridized carbons (Fsp3) is 0.346. The van der Waals surface area contributed by atoms with E-state index < -0.39 is 12.1 Å². The van der Waals surface area contributed by atoms with E-state index in [1.807, 2.05) is 0 Å². The molecule has 11 heteroatoms. The number of halogens is 2. The number of fused-ring (bicyclic) bond motifs is 3. The summed E-state index contributed by atoms with van der Waals surface area (Å²) in [5.41, 5.74) is 1.47. The van der Waals surface area contributed by atoms with E-state index >= 15 is 0 Å². The zero-order valence-corrected chi connectivity index (χ0v) is 23.9. The van der Waals surface area contributed by atoms with Gasteiger partial charge < -0.3 is 4.74 Å². The molecule has 4 rings (SSSR count). The Balaban J connectivity index is 1.95. The number of carbonyl (C=O) groups is 2. The minimum atomic E-state index is -0.937. The van der Waals surface area contributed by atoms with Crippen LogP contribution in [0.2, 0.25) is 5.02 Å². The molecule has 0 fully saturated rings. The van der Waals surface area contributed by atoms with Crippen molar-refractivity contribution in [1.82, 2.24) is 10.1 Å². The van der Waals surface area contributed by atoms with Crippen molar-refractivity contribution in [3.8, 4) is 17.0 Å². The minimum Gasteiger partial charge on any atom is -0.425 e. The molecular weight excluding hydrogens is 580 g/mol. The molecule has 0 saturated heterocycles. The van der Waals surface area contributed by atoms with Gasteiger partial charge in [0.05, 0.1) is 21.3 Å². The van der Waals surface area contributed by atoms with Crippen molar-refractivity contribution in [3.63, 3.8) is 0 Å². The number of H-pyrrole nitrogens is 1. The predicted octanol–water partition coefficient (Wildman–Crippen LogP) is 5.65. The molecule has 1 aromatic heterocycles. The number of para-hydroxylation sites is 1. The number of ether oxygens (including phenoxy) is 1. The summed E-state index contributed by atoms with van der Waals surface area (Å²) in [6, 6.07) is 10.4. The van der Waals surface area contributed by atoms with Crippen molar-refractivity contribution in [3.05, 3.63) is 61.8 Å². The standard InChI is InChI=1S/C26H26BrClN4O4S/c1-4-5-6-9-12-37-26-29-24(35)22-18-10-7-8-11-21(18)31(15(2)33)25(32(22)30-26)19-13-17(28)14-20(27)23(19)36-16(3)34/h7-8,10-11,13-14,25H,4-6,9,12H2,1-3H3/p+1/t25-/m0/s1. The van der Waals surface area contributed by atoms with Crippen LogP contribution >= 0.6 is 39.3 Å². The first-order chi connectivity index (χ1) is 17.7. The first kappa shape index (κ1) is 27.3. The number of hydrogen-bond acceptors (Lipinski definition) is 6. The molecule has 3 aromatic rings. The number of rotatable bonds is 8. The summed E-state index contributed by atoms with van der Waals surface area (Å²) in [6.45, 7) is 4.89. The van der Waals surface area contributed by atoms with Crippen LogP contribution in [0.15, 0.2) is 50.8 Å². The van der Waals surface area contributed by atoms with E-state index in [0.29, 0.717) is 37.2 Å². The van der Waals surface area contributed by atoms with Gasteiger partial charge in [0.25, 0.3) is 6.17 Å². The Labute approximate surface area is 232 Å². The third-order valence-corrected chi connectivity index (χ3v) is 7.65. The summed E-state index contributed by atoms with van der Waals surface area (Å²) in [5.74, 6) is 0.168. The zero-order chi connectivity index (χ0) is 26.7. The Morgan fingerprint density at radius 1 is 1.22 bits per heavy atom. The monoisotopic (exact) mass is 605 g/mol. The molecule has 194 valence electrons. The molecule has 37 heavy (non-hydrogen) atoms. The number of anilines is 1. The summed E-state index contributed by atoms with van der Waals surface area (Å²) < 4.78 is 7.53. The summed E-state index contributed by atoms with van der Waals surface area (Å²) >= 11 is 11.3. The molecule has 0 aliphatic carbocycles. The second-order valence-corrected chi connectivity index (χ2v) is 11.0. The van der Waals surface area contributed by atoms with Crippen molar-refractivity contribution in [1.29, 1.82) is 0 Å². The molecular formula is C26H27BrClN4O4S+. The van der Waals surface area contributed by atoms with Gasteiger partial charge in [0, 0.05) is 29.7 Å². The van der Waals surface area contributed by atoms with Crippen molar-refractivity contribution in [2.75, 3.05) is 10.7 Å². The molecule has 0 bridgehead atoms. The van der Waals surface area contributed by atoms with E-state index in [9.17, 15) is 14.4 Å². The third kappa shape index (κ3) is 5.76. The van der Waals surface area contributed by atoms with Crippen LogP contribution < -0.4 is 19.9 Å². The lowest BCUT2D eigenvalue weighted by molar-refractivity contribution is -0.763. The van der Waals surface area contributed by atoms with Gasteiger partial charge in [0.15, 0.2) is 5.75 Å². The first-order valence-electron chi connectivity index (χ1n) is 12.0. The highest BCUT2D eigenvalue weighted by molar-refractivity contribution is 9.10. The maximum atomic E-state index is 13.5. The second-order valence-electron chi connectivity index (χ2n) is 8.64. The molecule has 1 N–H and O–H groups in total. The quantitative estimate of drug-likeness (QED) is 0.117. The summed E-state index contributed by atoms with van der Waals surface area (Å²) in [5, 5.41) is 5.59. The number of hydrogen-bond donors (Lipinski definition) is 1. The van der Waals surface area contributed by atoms with Crippen LogP contribution in [0.25, 0.3) is 11.3 Å². The van der Waals surface area contributed by atoms with E-state index in [-0.39, 0.29) is 17.2 Å². The van der Waals surface area contributed by atoms with E-state index in [1.165, 1.54) is 35.2 Å². The topological polar surface area (TPSA) is 96.2 Å². The maximum absolute atomic E-state index is 13.5. The largest absolute Gasteiger partial charge is 0.425 e. The Kier molecular flexibility index (Phi) is 8.71. The summed E-state index contributed by atoms with van der Waals surface area (Å²) in [6.07, 6.45) is 3.44. The number of esters is 1. The second kappa shape index (κ2) is 11.8. The number of nitrogens with one attached hydrogen (secondary N) is 1. The van der Waals surface area contributed by atoms with Crippen molar-refractivity contribution in [2.24, 2.45) is 0 Å². The number of carbonyl (C=O) groups excluding carboxylic acids is 2. The van der Waals surface area contributed by atoms with Gasteiger partial charge in [-0.25, -0.2) is 4.90 Å². The summed E-state index contributed by atoms with van der Waals surface area (Å²) in [7, 11) is 0. The van der Waals surface area contributed by atoms with Gasteiger partial charge in [-0.05, 0) is 51.3 Å². The molecule has 0 spiro atoms. The Morgan fingerprint density at radius 2 is 1.97 bits per heavy atom. The van der Waals surface area contributed by atoms with Crippen molar-refractivity contribution in [2.45, 2.75) is 57.8 Å². The van der Waals surface area contributed by atoms with E-state index in [4.69, 9.17) is 21.4 Å². The lowest BCUT2D eigenvalue weighted by atomic mass is 10.0. The Hall–Kier alpha value is -2.69. The van der Waals surface area contributed by atoms with Gasteiger partial charge in [-0.15, -0.1) is 0 Å². The van der Waals surface area contributed by atoms with Crippen LogP contribution in [0.1, 0.15) is 58.2 Å². The van der Waals surface area contributed by atoms with E-state index in [2.05, 4.69) is 27.8 Å². The number of benzene rings is 2. The molecule has 1 aliphatic rings. The highest BCUT2D eigenvalue weighted by atomic mass is 79.9. The smallest absolute Gasteiger partial charge is 0.325 e. The maximum Gasteiger partial charge on any atom is 0.325 e. The van der Waals surface area contributed by atoms with Gasteiger partial charge in [-0.2, -0.15) is 0 Å². The van der Waals surface area contributed by atoms with Crippen LogP contribution in [-0.2, 0) is 9.59 Å². The van der Waals surface area contributed by atoms with Crippen molar-refractivity contribution >= 4 is 56.9 Å². The van der Waals surface area contributed by atoms with E-state index in [1.54, 1.807) is 36.4 Å². The SMILES string of the molecule is CCCCCCSc1n[n+]2c(c(=O)[nH]1)-c1ccccc1N(C(C)=O)[C@@H]2c1cc(Cl)cc(Br)c1OC(C)=O. The zero-order valence-electron chi connectivity index (χ0n) is 20.7. The van der Waals surface area contributed by atoms with Gasteiger partial charge in [0.2, 0.25) is 11.1 Å². The van der Waals surface area contributed by atoms with Gasteiger partial charge in [-0.3, -0.25) is 19.4 Å². The number of unbranched alkanes of at least 4 members (excludes halogenated alkanes) is 3. The number of aromatic amines is 1. The summed E-state index contributed by atoms with van der Waals surface area (Å²) in [4.78, 5) is 43.1. The first-order valence-corrected chi connectivity index (χ1v) is 14.1. The van der Waals surface area contributed by atoms with Crippen LogP contribution in [0, 0.1) is 0 Å². The fourth-order valence-corrected chi connectivity index (χ4v) is 6.15. The Bertz CT molecular complexity index is 1410. The highest BCUT2D eigenvalue weighted by Crippen LogP contribution is 2.43. The van der Waals surface area contributed by atoms with Crippen LogP contribution in [-0.4, -0.2) is 27.7 Å². The van der Waals surface area contributed by atoms with Gasteiger partial charge in [-0.1, -0.05) is 61.7 Å². The van der Waals surface area contributed by atoms with Crippen molar-refractivity contribution < 1.29 is 19.0 Å². The average molecular weight is 607 g/mol. The highest BCUT2D eigenvalue weighted by Gasteiger charge is 2.46. The normalized spacial score (nSPS) is 14.2. The molecule has 8 nitrogen and oxygen atoms in total. The Morgan fingerprint density at radius 3 is 2.68 bits per heavy atom. The molecule has 0 unspecified atom stereocenters. The van der Waals surface area contributed by atoms with Gasteiger partial charge >= 0.3 is 17.2 Å². The van der Waals surface area contributed by atoms with Crippen LogP contribution in [0.5, 0.6) is 5.75 Å². The molecule has 0 saturated carbocycles. The third-order valence-electron chi connectivity index (χ3n) is 5.90. The molecule has 2 aromatic carbocycles. The lowest BCUT2D eigenvalue weighted by Crippen LogP contribution is -2.60. The average Bonchev–Trinajstić information content (AvgIpc) is 2.84. The molecule has 1 amide bonds. The van der Waals surface area contributed by atoms with Crippen LogP contribution in [0.4, 0.5) is 5.69 Å². The molecule has 1 atom stereocenters. The number of amides is 1. The molecule has 1 aliphatic heterocycles. The number of aromatic nitrogens is 3. The predicted molar refractivity (Wildman–Crippen MR) is 147 cm³/mol. The fourth-order valence-electron chi connectivity index (χ4n) is 4.38. The van der Waals surface area contributed by atoms with Gasteiger partial charge in [0.1, 0.15) is 0 Å². The number of thioether (sulfide) groups is 1. The molecule has 0 radical (unpaired) electrons. The molecule has 2 heterocycles. The van der Waals surface area contributed by atoms with Crippen LogP contribution in [0.3, 0.4) is 0 Å². The van der Waals surface area contributed by atoms with E-state index in [0.717, 1.165) is 31.4 Å². The number of nitrogens with zero attached hydrogens (tertiary/aromatic N) is 3. The minimum absolute atomic E-state index is 0.196. The lowest BCUT2D eigenvalue weighted by Gasteiger charge is -2.32.